The van der Waals surface area contributed by atoms with Gasteiger partial charge in [0.2, 0.25) is 5.91 Å². The smallest absolute Gasteiger partial charge is 0.222 e. The van der Waals surface area contributed by atoms with Crippen LogP contribution in [0, 0.1) is 5.92 Å². The number of hydrogen-bond acceptors (Lipinski definition) is 2. The summed E-state index contributed by atoms with van der Waals surface area (Å²) in [5.74, 6) is 2.11. The number of hydrogen-bond donors (Lipinski definition) is 1. The van der Waals surface area contributed by atoms with E-state index < -0.39 is 0 Å². The lowest BCUT2D eigenvalue weighted by Crippen LogP contribution is -2.45. The average Bonchev–Trinajstić information content (AvgIpc) is 3.03. The third-order valence-corrected chi connectivity index (χ3v) is 5.31. The molecule has 2 aliphatic heterocycles. The maximum Gasteiger partial charge on any atom is 0.222 e. The van der Waals surface area contributed by atoms with Crippen molar-refractivity contribution in [2.24, 2.45) is 10.9 Å². The fourth-order valence-electron chi connectivity index (χ4n) is 3.59. The second-order valence-electron chi connectivity index (χ2n) is 7.31. The molecule has 0 unspecified atom stereocenters. The van der Waals surface area contributed by atoms with Gasteiger partial charge >= 0.3 is 0 Å². The molecule has 3 rings (SSSR count). The molecule has 1 amide bonds. The maximum atomic E-state index is 11.7. The lowest BCUT2D eigenvalue weighted by Gasteiger charge is -2.32. The van der Waals surface area contributed by atoms with E-state index in [2.05, 4.69) is 46.4 Å². The van der Waals surface area contributed by atoms with Crippen molar-refractivity contribution >= 4 is 11.9 Å². The highest BCUT2D eigenvalue weighted by atomic mass is 16.2. The molecule has 2 heterocycles. The highest BCUT2D eigenvalue weighted by molar-refractivity contribution is 5.80. The van der Waals surface area contributed by atoms with Crippen LogP contribution >= 0.6 is 0 Å². The van der Waals surface area contributed by atoms with E-state index in [0.29, 0.717) is 6.42 Å². The number of amides is 1. The summed E-state index contributed by atoms with van der Waals surface area (Å²) in [4.78, 5) is 20.5. The molecule has 25 heavy (non-hydrogen) atoms. The molecule has 5 nitrogen and oxygen atoms in total. The first kappa shape index (κ1) is 17.8. The molecule has 0 radical (unpaired) electrons. The van der Waals surface area contributed by atoms with Crippen molar-refractivity contribution in [3.05, 3.63) is 35.4 Å². The van der Waals surface area contributed by atoms with Gasteiger partial charge in [-0.25, -0.2) is 0 Å². The number of benzene rings is 1. The number of piperidine rings is 1. The number of likely N-dealkylation sites (tertiary alicyclic amines) is 2. The number of carbonyl (C=O) groups excluding carboxylic acids is 1. The van der Waals surface area contributed by atoms with Crippen molar-refractivity contribution in [1.29, 1.82) is 0 Å². The number of rotatable bonds is 4. The van der Waals surface area contributed by atoms with Gasteiger partial charge in [-0.3, -0.25) is 9.79 Å². The minimum Gasteiger partial charge on any atom is -0.352 e. The van der Waals surface area contributed by atoms with Crippen molar-refractivity contribution in [2.45, 2.75) is 45.7 Å². The van der Waals surface area contributed by atoms with Crippen LogP contribution in [0.15, 0.2) is 29.3 Å². The molecule has 1 aromatic rings. The van der Waals surface area contributed by atoms with Crippen LogP contribution in [0.5, 0.6) is 0 Å². The quantitative estimate of drug-likeness (QED) is 0.676. The first-order valence-corrected chi connectivity index (χ1v) is 9.47. The van der Waals surface area contributed by atoms with Crippen LogP contribution < -0.4 is 5.32 Å². The Balaban J connectivity index is 1.50. The number of nitrogens with one attached hydrogen (secondary N) is 1. The van der Waals surface area contributed by atoms with Crippen molar-refractivity contribution in [3.8, 4) is 0 Å². The Labute approximate surface area is 151 Å². The van der Waals surface area contributed by atoms with Crippen molar-refractivity contribution in [2.75, 3.05) is 26.7 Å². The molecular weight excluding hydrogens is 312 g/mol. The van der Waals surface area contributed by atoms with E-state index in [-0.39, 0.29) is 5.91 Å². The van der Waals surface area contributed by atoms with Crippen LogP contribution in [0.25, 0.3) is 0 Å². The zero-order valence-corrected chi connectivity index (χ0v) is 15.5. The van der Waals surface area contributed by atoms with Crippen molar-refractivity contribution in [3.63, 3.8) is 0 Å². The molecule has 0 saturated carbocycles. The van der Waals surface area contributed by atoms with Gasteiger partial charge in [-0.1, -0.05) is 31.2 Å². The zero-order valence-electron chi connectivity index (χ0n) is 15.5. The predicted octanol–water partition coefficient (Wildman–Crippen LogP) is 2.62. The van der Waals surface area contributed by atoms with E-state index in [1.54, 1.807) is 0 Å². The zero-order chi connectivity index (χ0) is 17.6. The predicted molar refractivity (Wildman–Crippen MR) is 101 cm³/mol. The summed E-state index contributed by atoms with van der Waals surface area (Å²) in [5, 5.41) is 3.48. The van der Waals surface area contributed by atoms with Gasteiger partial charge in [-0.15, -0.1) is 0 Å². The van der Waals surface area contributed by atoms with Gasteiger partial charge in [-0.05, 0) is 36.3 Å². The average molecular weight is 342 g/mol. The summed E-state index contributed by atoms with van der Waals surface area (Å²) in [6.07, 6.45) is 4.18. The highest BCUT2D eigenvalue weighted by Gasteiger charge is 2.20. The third kappa shape index (κ3) is 4.74. The molecule has 1 N–H and O–H groups in total. The van der Waals surface area contributed by atoms with Gasteiger partial charge in [0.1, 0.15) is 0 Å². The topological polar surface area (TPSA) is 47.9 Å². The minimum atomic E-state index is 0.283. The fourth-order valence-corrected chi connectivity index (χ4v) is 3.59. The van der Waals surface area contributed by atoms with E-state index in [1.807, 2.05) is 11.9 Å². The van der Waals surface area contributed by atoms with E-state index in [9.17, 15) is 4.79 Å². The second-order valence-corrected chi connectivity index (χ2v) is 7.31. The number of nitrogens with zero attached hydrogens (tertiary/aromatic N) is 3. The van der Waals surface area contributed by atoms with E-state index >= 15 is 0 Å². The molecule has 2 fully saturated rings. The maximum absolute atomic E-state index is 11.7. The Morgan fingerprint density at radius 2 is 1.84 bits per heavy atom. The Kier molecular flexibility index (Phi) is 5.95. The van der Waals surface area contributed by atoms with Crippen LogP contribution in [0.4, 0.5) is 0 Å². The van der Waals surface area contributed by atoms with Crippen LogP contribution in [-0.4, -0.2) is 48.3 Å². The molecule has 5 heteroatoms. The van der Waals surface area contributed by atoms with Gasteiger partial charge in [0.25, 0.3) is 0 Å². The lowest BCUT2D eigenvalue weighted by molar-refractivity contribution is -0.128. The summed E-state index contributed by atoms with van der Waals surface area (Å²) in [7, 11) is 1.86. The van der Waals surface area contributed by atoms with E-state index in [0.717, 1.165) is 51.0 Å². The first-order chi connectivity index (χ1) is 12.2. The number of aliphatic imine (C=N–C) groups is 1. The lowest BCUT2D eigenvalue weighted by atomic mass is 9.99. The summed E-state index contributed by atoms with van der Waals surface area (Å²) >= 11 is 0. The Morgan fingerprint density at radius 3 is 2.44 bits per heavy atom. The third-order valence-electron chi connectivity index (χ3n) is 5.31. The Morgan fingerprint density at radius 1 is 1.16 bits per heavy atom. The molecule has 0 spiro atoms. The molecule has 0 bridgehead atoms. The van der Waals surface area contributed by atoms with Crippen LogP contribution in [0.2, 0.25) is 0 Å². The normalized spacial score (nSPS) is 19.6. The number of carbonyl (C=O) groups is 1. The second kappa shape index (κ2) is 8.37. The number of guanidine groups is 1. The van der Waals surface area contributed by atoms with Gasteiger partial charge in [0.05, 0.1) is 0 Å². The van der Waals surface area contributed by atoms with E-state index in [4.69, 9.17) is 0 Å². The van der Waals surface area contributed by atoms with Gasteiger partial charge < -0.3 is 15.1 Å². The minimum absolute atomic E-state index is 0.283. The standard InChI is InChI=1S/C20H30N4O/c1-16-9-12-23(13-10-16)20(21-2)22-14-17-5-7-18(8-6-17)15-24-11-3-4-19(24)25/h5-8,16H,3-4,9-15H2,1-2H3,(H,21,22). The SMILES string of the molecule is CN=C(NCc1ccc(CN2CCCC2=O)cc1)N1CCC(C)CC1. The highest BCUT2D eigenvalue weighted by Crippen LogP contribution is 2.17. The first-order valence-electron chi connectivity index (χ1n) is 9.47. The summed E-state index contributed by atoms with van der Waals surface area (Å²) in [6.45, 7) is 6.91. The fraction of sp³-hybridized carbons (Fsp3) is 0.600. The molecule has 0 atom stereocenters. The van der Waals surface area contributed by atoms with Gasteiger partial charge in [0.15, 0.2) is 5.96 Å². The molecular formula is C20H30N4O. The van der Waals surface area contributed by atoms with Gasteiger partial charge in [0, 0.05) is 46.2 Å². The van der Waals surface area contributed by atoms with Crippen molar-refractivity contribution in [1.82, 2.24) is 15.1 Å². The molecule has 136 valence electrons. The largest absolute Gasteiger partial charge is 0.352 e. The molecule has 0 aliphatic carbocycles. The Hall–Kier alpha value is -2.04. The molecule has 2 saturated heterocycles. The molecule has 2 aliphatic rings. The van der Waals surface area contributed by atoms with E-state index in [1.165, 1.54) is 24.0 Å². The van der Waals surface area contributed by atoms with Crippen LogP contribution in [-0.2, 0) is 17.9 Å². The molecule has 1 aromatic carbocycles. The van der Waals surface area contributed by atoms with Crippen LogP contribution in [0.1, 0.15) is 43.7 Å². The summed E-state index contributed by atoms with van der Waals surface area (Å²) in [6, 6.07) is 8.56. The summed E-state index contributed by atoms with van der Waals surface area (Å²) < 4.78 is 0. The molecule has 0 aromatic heterocycles. The summed E-state index contributed by atoms with van der Waals surface area (Å²) in [5.41, 5.74) is 2.44. The van der Waals surface area contributed by atoms with Crippen molar-refractivity contribution < 1.29 is 4.79 Å². The Bertz CT molecular complexity index is 603. The van der Waals surface area contributed by atoms with Crippen LogP contribution in [0.3, 0.4) is 0 Å². The monoisotopic (exact) mass is 342 g/mol. The van der Waals surface area contributed by atoms with Gasteiger partial charge in [-0.2, -0.15) is 0 Å².